The lowest BCUT2D eigenvalue weighted by atomic mass is 9.78. The van der Waals surface area contributed by atoms with Crippen molar-refractivity contribution >= 4 is 17.5 Å². The molecule has 0 fully saturated rings. The number of aliphatic hydroxyl groups is 1. The molecule has 0 aromatic carbocycles. The maximum absolute atomic E-state index is 13.8. The van der Waals surface area contributed by atoms with E-state index in [4.69, 9.17) is 4.74 Å². The number of ketones is 2. The SMILES string of the molecule is CCC(=O)OC1=C(CCC(C)C)C(=O)C(=C(CC(C)C)CC(C)C)C(O)=C1C(=O)C(C)CC. The lowest BCUT2D eigenvalue weighted by molar-refractivity contribution is -0.139. The third kappa shape index (κ3) is 7.68. The van der Waals surface area contributed by atoms with Gasteiger partial charge in [0.05, 0.1) is 5.57 Å². The van der Waals surface area contributed by atoms with Gasteiger partial charge in [0.2, 0.25) is 0 Å². The Balaban J connectivity index is 3.97. The fraction of sp³-hybridized carbons (Fsp3) is 0.679. The van der Waals surface area contributed by atoms with Gasteiger partial charge in [0.1, 0.15) is 11.3 Å². The summed E-state index contributed by atoms with van der Waals surface area (Å²) in [6.45, 7) is 17.8. The minimum atomic E-state index is -0.529. The van der Waals surface area contributed by atoms with Crippen LogP contribution in [0.15, 0.2) is 33.8 Å². The molecule has 0 spiro atoms. The standard InChI is InChI=1S/C28H44O5/c1-10-19(9)25(30)24-27(32)23(20(14-17(5)6)15-18(7)8)26(31)21(13-12-16(3)4)28(24)33-22(29)11-2/h16-19,32H,10-15H2,1-9H3. The molecule has 1 unspecified atom stereocenters. The Morgan fingerprint density at radius 3 is 1.88 bits per heavy atom. The number of carbonyl (C=O) groups is 3. The molecule has 1 aliphatic rings. The Morgan fingerprint density at radius 2 is 1.45 bits per heavy atom. The molecule has 33 heavy (non-hydrogen) atoms. The summed E-state index contributed by atoms with van der Waals surface area (Å²) in [6, 6.07) is 0. The molecule has 0 heterocycles. The Morgan fingerprint density at radius 1 is 0.909 bits per heavy atom. The predicted molar refractivity (Wildman–Crippen MR) is 133 cm³/mol. The van der Waals surface area contributed by atoms with Gasteiger partial charge in [-0.05, 0) is 49.9 Å². The van der Waals surface area contributed by atoms with E-state index in [2.05, 4.69) is 41.5 Å². The zero-order valence-corrected chi connectivity index (χ0v) is 22.1. The lowest BCUT2D eigenvalue weighted by Gasteiger charge is -2.27. The van der Waals surface area contributed by atoms with Crippen molar-refractivity contribution in [1.29, 1.82) is 0 Å². The number of carbonyl (C=O) groups excluding carboxylic acids is 3. The van der Waals surface area contributed by atoms with E-state index in [9.17, 15) is 19.5 Å². The quantitative estimate of drug-likeness (QED) is 0.250. The molecule has 0 bridgehead atoms. The predicted octanol–water partition coefficient (Wildman–Crippen LogP) is 7.03. The third-order valence-electron chi connectivity index (χ3n) is 5.92. The van der Waals surface area contributed by atoms with Crippen molar-refractivity contribution in [2.75, 3.05) is 0 Å². The average Bonchev–Trinajstić information content (AvgIpc) is 2.71. The number of hydrogen-bond donors (Lipinski definition) is 1. The largest absolute Gasteiger partial charge is 0.506 e. The molecule has 0 amide bonds. The van der Waals surface area contributed by atoms with Gasteiger partial charge in [-0.2, -0.15) is 0 Å². The van der Waals surface area contributed by atoms with Crippen LogP contribution in [-0.2, 0) is 19.1 Å². The highest BCUT2D eigenvalue weighted by Crippen LogP contribution is 2.40. The summed E-state index contributed by atoms with van der Waals surface area (Å²) >= 11 is 0. The van der Waals surface area contributed by atoms with Gasteiger partial charge >= 0.3 is 5.97 Å². The highest BCUT2D eigenvalue weighted by molar-refractivity contribution is 6.18. The van der Waals surface area contributed by atoms with Crippen molar-refractivity contribution in [3.63, 3.8) is 0 Å². The molecular weight excluding hydrogens is 416 g/mol. The number of Topliss-reactive ketones (excluding diaryl/α,β-unsaturated/α-hetero) is 2. The molecule has 0 aromatic heterocycles. The Bertz CT molecular complexity index is 824. The molecule has 0 saturated heterocycles. The first kappa shape index (κ1) is 28.9. The maximum atomic E-state index is 13.8. The number of hydrogen-bond acceptors (Lipinski definition) is 5. The molecule has 186 valence electrons. The number of allylic oxidation sites excluding steroid dienone is 4. The maximum Gasteiger partial charge on any atom is 0.310 e. The number of aliphatic hydroxyl groups excluding tert-OH is 1. The topological polar surface area (TPSA) is 80.7 Å². The summed E-state index contributed by atoms with van der Waals surface area (Å²) in [5.41, 5.74) is 1.42. The normalized spacial score (nSPS) is 15.8. The van der Waals surface area contributed by atoms with E-state index in [1.165, 1.54) is 0 Å². The van der Waals surface area contributed by atoms with Crippen LogP contribution < -0.4 is 0 Å². The minimum Gasteiger partial charge on any atom is -0.506 e. The summed E-state index contributed by atoms with van der Waals surface area (Å²) in [5.74, 6) is -0.999. The molecule has 0 radical (unpaired) electrons. The zero-order valence-electron chi connectivity index (χ0n) is 22.1. The fourth-order valence-corrected chi connectivity index (χ4v) is 3.97. The monoisotopic (exact) mass is 460 g/mol. The van der Waals surface area contributed by atoms with E-state index in [-0.39, 0.29) is 58.4 Å². The van der Waals surface area contributed by atoms with Crippen molar-refractivity contribution in [3.05, 3.63) is 33.8 Å². The summed E-state index contributed by atoms with van der Waals surface area (Å²) < 4.78 is 5.60. The molecule has 1 rings (SSSR count). The number of ether oxygens (including phenoxy) is 1. The van der Waals surface area contributed by atoms with Crippen molar-refractivity contribution in [2.24, 2.45) is 23.7 Å². The smallest absolute Gasteiger partial charge is 0.310 e. The molecule has 0 aromatic rings. The van der Waals surface area contributed by atoms with E-state index in [0.29, 0.717) is 43.6 Å². The van der Waals surface area contributed by atoms with Gasteiger partial charge in [-0.1, -0.05) is 67.9 Å². The van der Waals surface area contributed by atoms with E-state index in [0.717, 1.165) is 5.57 Å². The lowest BCUT2D eigenvalue weighted by Crippen LogP contribution is -2.28. The Labute approximate surface area is 200 Å². The van der Waals surface area contributed by atoms with Crippen LogP contribution in [0.2, 0.25) is 0 Å². The van der Waals surface area contributed by atoms with Crippen molar-refractivity contribution in [1.82, 2.24) is 0 Å². The zero-order chi connectivity index (χ0) is 25.5. The highest BCUT2D eigenvalue weighted by atomic mass is 16.5. The van der Waals surface area contributed by atoms with Gasteiger partial charge in [-0.25, -0.2) is 0 Å². The van der Waals surface area contributed by atoms with Gasteiger partial charge in [-0.3, -0.25) is 14.4 Å². The van der Waals surface area contributed by atoms with E-state index >= 15 is 0 Å². The van der Waals surface area contributed by atoms with Crippen LogP contribution in [0.1, 0.15) is 101 Å². The first-order valence-corrected chi connectivity index (χ1v) is 12.5. The third-order valence-corrected chi connectivity index (χ3v) is 5.92. The van der Waals surface area contributed by atoms with E-state index in [1.54, 1.807) is 13.8 Å². The van der Waals surface area contributed by atoms with E-state index in [1.807, 2.05) is 6.92 Å². The Hall–Kier alpha value is -2.17. The number of esters is 1. The molecule has 1 N–H and O–H groups in total. The summed E-state index contributed by atoms with van der Waals surface area (Å²) in [5, 5.41) is 11.4. The second-order valence-electron chi connectivity index (χ2n) is 10.5. The van der Waals surface area contributed by atoms with Crippen molar-refractivity contribution in [2.45, 2.75) is 101 Å². The van der Waals surface area contributed by atoms with Crippen molar-refractivity contribution in [3.8, 4) is 0 Å². The van der Waals surface area contributed by atoms with Crippen LogP contribution in [0.4, 0.5) is 0 Å². The van der Waals surface area contributed by atoms with Crippen LogP contribution in [0.5, 0.6) is 0 Å². The van der Waals surface area contributed by atoms with E-state index < -0.39 is 5.97 Å². The van der Waals surface area contributed by atoms with Gasteiger partial charge in [0.25, 0.3) is 0 Å². The first-order chi connectivity index (χ1) is 15.3. The molecule has 5 heteroatoms. The fourth-order valence-electron chi connectivity index (χ4n) is 3.97. The first-order valence-electron chi connectivity index (χ1n) is 12.5. The van der Waals surface area contributed by atoms with Crippen LogP contribution in [0, 0.1) is 23.7 Å². The minimum absolute atomic E-state index is 0.00971. The van der Waals surface area contributed by atoms with Gasteiger partial charge in [0, 0.05) is 17.9 Å². The molecule has 1 atom stereocenters. The summed E-state index contributed by atoms with van der Waals surface area (Å²) in [4.78, 5) is 39.6. The molecule has 1 aliphatic carbocycles. The number of rotatable bonds is 12. The van der Waals surface area contributed by atoms with Crippen LogP contribution >= 0.6 is 0 Å². The van der Waals surface area contributed by atoms with Crippen molar-refractivity contribution < 1.29 is 24.2 Å². The average molecular weight is 461 g/mol. The second kappa shape index (κ2) is 12.9. The van der Waals surface area contributed by atoms with Crippen LogP contribution in [0.3, 0.4) is 0 Å². The molecular formula is C28H44O5. The highest BCUT2D eigenvalue weighted by Gasteiger charge is 2.39. The van der Waals surface area contributed by atoms with Gasteiger partial charge in [0.15, 0.2) is 17.3 Å². The van der Waals surface area contributed by atoms with Crippen LogP contribution in [0.25, 0.3) is 0 Å². The summed E-state index contributed by atoms with van der Waals surface area (Å²) in [7, 11) is 0. The second-order valence-corrected chi connectivity index (χ2v) is 10.5. The summed E-state index contributed by atoms with van der Waals surface area (Å²) in [6.07, 6.45) is 3.06. The van der Waals surface area contributed by atoms with Gasteiger partial charge < -0.3 is 9.84 Å². The van der Waals surface area contributed by atoms with Crippen LogP contribution in [-0.4, -0.2) is 22.6 Å². The van der Waals surface area contributed by atoms with Gasteiger partial charge in [-0.15, -0.1) is 0 Å². The molecule has 5 nitrogen and oxygen atoms in total. The molecule has 0 aliphatic heterocycles. The Kier molecular flexibility index (Phi) is 11.3. The molecule has 0 saturated carbocycles.